The molecule has 0 heterocycles. The number of rotatable bonds is 9. The quantitative estimate of drug-likeness (QED) is 0.430. The summed E-state index contributed by atoms with van der Waals surface area (Å²) in [6.07, 6.45) is 11.2. The lowest BCUT2D eigenvalue weighted by Gasteiger charge is -2.34. The molecule has 1 aliphatic rings. The summed E-state index contributed by atoms with van der Waals surface area (Å²) in [4.78, 5) is 0. The van der Waals surface area contributed by atoms with E-state index in [4.69, 9.17) is 4.74 Å². The van der Waals surface area contributed by atoms with E-state index in [0.29, 0.717) is 6.61 Å². The molecule has 3 atom stereocenters. The van der Waals surface area contributed by atoms with Crippen LogP contribution in [0.2, 0.25) is 0 Å². The second kappa shape index (κ2) is 10.7. The van der Waals surface area contributed by atoms with Crippen LogP contribution in [0.15, 0.2) is 48.5 Å². The fourth-order valence-electron chi connectivity index (χ4n) is 4.88. The van der Waals surface area contributed by atoms with Crippen LogP contribution < -0.4 is 4.74 Å². The average Bonchev–Trinajstić information content (AvgIpc) is 2.73. The summed E-state index contributed by atoms with van der Waals surface area (Å²) >= 11 is 0. The average molecular weight is 379 g/mol. The lowest BCUT2D eigenvalue weighted by Crippen LogP contribution is -2.23. The molecule has 152 valence electrons. The molecule has 0 bridgehead atoms. The Balaban J connectivity index is 1.49. The van der Waals surface area contributed by atoms with Crippen LogP contribution in [0.25, 0.3) is 11.1 Å². The maximum Gasteiger partial charge on any atom is 0.119 e. The van der Waals surface area contributed by atoms with Gasteiger partial charge in [-0.2, -0.15) is 0 Å². The van der Waals surface area contributed by atoms with Crippen LogP contribution >= 0.6 is 0 Å². The molecule has 0 N–H and O–H groups in total. The number of unbranched alkanes of at least 4 members (excludes halogenated alkanes) is 1. The van der Waals surface area contributed by atoms with Crippen molar-refractivity contribution >= 4 is 0 Å². The first-order valence-corrected chi connectivity index (χ1v) is 11.5. The van der Waals surface area contributed by atoms with Gasteiger partial charge in [0.1, 0.15) is 5.75 Å². The maximum absolute atomic E-state index is 5.54. The molecule has 1 heteroatoms. The second-order valence-corrected chi connectivity index (χ2v) is 8.75. The Labute approximate surface area is 172 Å². The van der Waals surface area contributed by atoms with Gasteiger partial charge in [-0.05, 0) is 79.2 Å². The van der Waals surface area contributed by atoms with Crippen molar-refractivity contribution in [2.75, 3.05) is 6.61 Å². The van der Waals surface area contributed by atoms with E-state index in [1.54, 1.807) is 0 Å². The summed E-state index contributed by atoms with van der Waals surface area (Å²) in [5.74, 6) is 3.77. The van der Waals surface area contributed by atoms with Crippen molar-refractivity contribution in [3.05, 3.63) is 54.1 Å². The van der Waals surface area contributed by atoms with E-state index in [2.05, 4.69) is 62.4 Å². The Morgan fingerprint density at radius 2 is 1.54 bits per heavy atom. The van der Waals surface area contributed by atoms with E-state index in [9.17, 15) is 0 Å². The molecule has 1 fully saturated rings. The lowest BCUT2D eigenvalue weighted by atomic mass is 9.71. The number of benzene rings is 2. The molecule has 0 amide bonds. The summed E-state index contributed by atoms with van der Waals surface area (Å²) < 4.78 is 5.54. The minimum Gasteiger partial charge on any atom is -0.494 e. The first-order valence-electron chi connectivity index (χ1n) is 11.5. The Kier molecular flexibility index (Phi) is 8.01. The number of ether oxygens (including phenoxy) is 1. The molecular formula is C27H38O. The summed E-state index contributed by atoms with van der Waals surface area (Å²) in [7, 11) is 0. The highest BCUT2D eigenvalue weighted by Gasteiger charge is 2.26. The van der Waals surface area contributed by atoms with E-state index in [0.717, 1.165) is 23.5 Å². The Bertz CT molecular complexity index is 685. The van der Waals surface area contributed by atoms with Crippen LogP contribution in [0.4, 0.5) is 0 Å². The first-order chi connectivity index (χ1) is 13.7. The van der Waals surface area contributed by atoms with E-state index < -0.39 is 0 Å². The third-order valence-electron chi connectivity index (χ3n) is 6.68. The van der Waals surface area contributed by atoms with Crippen molar-refractivity contribution in [1.29, 1.82) is 0 Å². The van der Waals surface area contributed by atoms with Crippen molar-refractivity contribution in [3.63, 3.8) is 0 Å². The molecule has 3 rings (SSSR count). The highest BCUT2D eigenvalue weighted by atomic mass is 16.5. The fraction of sp³-hybridized carbons (Fsp3) is 0.556. The predicted molar refractivity (Wildman–Crippen MR) is 121 cm³/mol. The molecule has 1 nitrogen and oxygen atoms in total. The van der Waals surface area contributed by atoms with Gasteiger partial charge in [0.25, 0.3) is 0 Å². The molecule has 0 spiro atoms. The normalized spacial score (nSPS) is 22.2. The maximum atomic E-state index is 5.54. The van der Waals surface area contributed by atoms with Crippen molar-refractivity contribution in [2.24, 2.45) is 17.8 Å². The molecular weight excluding hydrogens is 340 g/mol. The molecule has 0 radical (unpaired) electrons. The van der Waals surface area contributed by atoms with E-state index in [1.165, 1.54) is 68.1 Å². The number of hydrogen-bond donors (Lipinski definition) is 0. The van der Waals surface area contributed by atoms with Gasteiger partial charge < -0.3 is 4.74 Å². The minimum absolute atomic E-state index is 0.715. The van der Waals surface area contributed by atoms with E-state index >= 15 is 0 Å². The Morgan fingerprint density at radius 3 is 2.14 bits per heavy atom. The standard InChI is InChI=1S/C27H38O/c1-4-6-7-23-11-13-24(21(3)20-23)12-8-22-9-14-25(15-10-22)26-16-18-27(19-17-26)28-5-2/h9-10,14-19,21,23-24H,4-8,11-13,20H2,1-3H3. The Hall–Kier alpha value is -1.76. The second-order valence-electron chi connectivity index (χ2n) is 8.75. The lowest BCUT2D eigenvalue weighted by molar-refractivity contribution is 0.176. The largest absolute Gasteiger partial charge is 0.494 e. The van der Waals surface area contributed by atoms with Gasteiger partial charge in [0.05, 0.1) is 6.61 Å². The van der Waals surface area contributed by atoms with Gasteiger partial charge in [0, 0.05) is 0 Å². The zero-order chi connectivity index (χ0) is 19.8. The van der Waals surface area contributed by atoms with E-state index in [-0.39, 0.29) is 0 Å². The molecule has 2 aromatic carbocycles. The van der Waals surface area contributed by atoms with Crippen LogP contribution in [0.1, 0.15) is 71.3 Å². The van der Waals surface area contributed by atoms with Crippen LogP contribution in [0.3, 0.4) is 0 Å². The smallest absolute Gasteiger partial charge is 0.119 e. The topological polar surface area (TPSA) is 9.23 Å². The first kappa shape index (κ1) is 21.0. The monoisotopic (exact) mass is 378 g/mol. The van der Waals surface area contributed by atoms with Crippen molar-refractivity contribution in [1.82, 2.24) is 0 Å². The molecule has 0 aromatic heterocycles. The van der Waals surface area contributed by atoms with Crippen LogP contribution in [-0.2, 0) is 6.42 Å². The molecule has 0 aliphatic heterocycles. The van der Waals surface area contributed by atoms with Gasteiger partial charge >= 0.3 is 0 Å². The predicted octanol–water partition coefficient (Wildman–Crippen LogP) is 7.93. The van der Waals surface area contributed by atoms with E-state index in [1.807, 2.05) is 6.92 Å². The summed E-state index contributed by atoms with van der Waals surface area (Å²) in [6.45, 7) is 7.55. The van der Waals surface area contributed by atoms with Gasteiger partial charge in [-0.1, -0.05) is 75.9 Å². The third-order valence-corrected chi connectivity index (χ3v) is 6.68. The van der Waals surface area contributed by atoms with Gasteiger partial charge in [-0.25, -0.2) is 0 Å². The van der Waals surface area contributed by atoms with Crippen LogP contribution in [0.5, 0.6) is 5.75 Å². The highest BCUT2D eigenvalue weighted by Crippen LogP contribution is 2.38. The minimum atomic E-state index is 0.715. The number of aryl methyl sites for hydroxylation is 1. The number of hydrogen-bond acceptors (Lipinski definition) is 1. The Morgan fingerprint density at radius 1 is 0.857 bits per heavy atom. The zero-order valence-electron chi connectivity index (χ0n) is 18.1. The van der Waals surface area contributed by atoms with Crippen LogP contribution in [-0.4, -0.2) is 6.61 Å². The molecule has 3 unspecified atom stereocenters. The fourth-order valence-corrected chi connectivity index (χ4v) is 4.88. The van der Waals surface area contributed by atoms with Gasteiger partial charge in [-0.15, -0.1) is 0 Å². The summed E-state index contributed by atoms with van der Waals surface area (Å²) in [5.41, 5.74) is 4.03. The van der Waals surface area contributed by atoms with Crippen molar-refractivity contribution in [2.45, 2.75) is 72.1 Å². The van der Waals surface area contributed by atoms with Crippen LogP contribution in [0, 0.1) is 17.8 Å². The third kappa shape index (κ3) is 5.87. The summed E-state index contributed by atoms with van der Waals surface area (Å²) in [5, 5.41) is 0. The SMILES string of the molecule is CCCCC1CCC(CCc2ccc(-c3ccc(OCC)cc3)cc2)C(C)C1. The van der Waals surface area contributed by atoms with Crippen molar-refractivity contribution < 1.29 is 4.74 Å². The van der Waals surface area contributed by atoms with Gasteiger partial charge in [0.15, 0.2) is 0 Å². The summed E-state index contributed by atoms with van der Waals surface area (Å²) in [6, 6.07) is 17.6. The highest BCUT2D eigenvalue weighted by molar-refractivity contribution is 5.64. The van der Waals surface area contributed by atoms with Crippen molar-refractivity contribution in [3.8, 4) is 16.9 Å². The molecule has 1 saturated carbocycles. The zero-order valence-corrected chi connectivity index (χ0v) is 18.1. The van der Waals surface area contributed by atoms with Gasteiger partial charge in [-0.3, -0.25) is 0 Å². The van der Waals surface area contributed by atoms with Gasteiger partial charge in [0.2, 0.25) is 0 Å². The molecule has 0 saturated heterocycles. The molecule has 2 aromatic rings. The molecule has 28 heavy (non-hydrogen) atoms. The molecule has 1 aliphatic carbocycles.